The molecule has 29 heavy (non-hydrogen) atoms. The standard InChI is InChI=1S/C22H22O7/c1-14-13-18(27-20(24)16-9-5-3-6-10-16)19(22(26,29-14)15(2)23)28-21(25)17-11-7-4-8-12-17/h3-12,14,18-19,26H,13H2,1-2H3/t14-,18+,19-,22?/m1/s1. The molecule has 1 N–H and O–H groups in total. The summed E-state index contributed by atoms with van der Waals surface area (Å²) in [5.74, 6) is -4.61. The largest absolute Gasteiger partial charge is 0.454 e. The van der Waals surface area contributed by atoms with Crippen LogP contribution in [0.2, 0.25) is 0 Å². The highest BCUT2D eigenvalue weighted by Gasteiger charge is 2.56. The number of benzene rings is 2. The molecule has 0 radical (unpaired) electrons. The van der Waals surface area contributed by atoms with Gasteiger partial charge in [0, 0.05) is 13.3 Å². The smallest absolute Gasteiger partial charge is 0.338 e. The average Bonchev–Trinajstić information content (AvgIpc) is 2.71. The SMILES string of the molecule is CC(=O)C1(O)O[C@H](C)C[C@H](OC(=O)c2ccccc2)[C@H]1OC(=O)c1ccccc1. The van der Waals surface area contributed by atoms with E-state index in [1.54, 1.807) is 55.5 Å². The molecule has 3 rings (SSSR count). The molecule has 1 heterocycles. The molecule has 7 nitrogen and oxygen atoms in total. The molecule has 4 atom stereocenters. The maximum atomic E-state index is 12.6. The number of esters is 2. The van der Waals surface area contributed by atoms with E-state index >= 15 is 0 Å². The van der Waals surface area contributed by atoms with Gasteiger partial charge in [0.15, 0.2) is 11.9 Å². The molecule has 1 aliphatic heterocycles. The number of hydrogen-bond acceptors (Lipinski definition) is 7. The first-order chi connectivity index (χ1) is 13.8. The summed E-state index contributed by atoms with van der Waals surface area (Å²) < 4.78 is 16.4. The Balaban J connectivity index is 1.89. The van der Waals surface area contributed by atoms with Gasteiger partial charge in [0.25, 0.3) is 5.79 Å². The van der Waals surface area contributed by atoms with Crippen LogP contribution in [0.3, 0.4) is 0 Å². The second kappa shape index (κ2) is 8.55. The highest BCUT2D eigenvalue weighted by atomic mass is 16.7. The van der Waals surface area contributed by atoms with Gasteiger partial charge in [-0.15, -0.1) is 0 Å². The third-order valence-electron chi connectivity index (χ3n) is 4.68. The molecule has 0 spiro atoms. The number of ether oxygens (including phenoxy) is 3. The molecular formula is C22H22O7. The van der Waals surface area contributed by atoms with Crippen LogP contribution in [0, 0.1) is 0 Å². The Labute approximate surface area is 168 Å². The van der Waals surface area contributed by atoms with E-state index < -0.39 is 41.8 Å². The van der Waals surface area contributed by atoms with Gasteiger partial charge in [-0.25, -0.2) is 9.59 Å². The third kappa shape index (κ3) is 4.52. The fourth-order valence-electron chi connectivity index (χ4n) is 3.21. The number of aliphatic hydroxyl groups is 1. The topological polar surface area (TPSA) is 99.1 Å². The van der Waals surface area contributed by atoms with E-state index in [1.165, 1.54) is 12.1 Å². The summed E-state index contributed by atoms with van der Waals surface area (Å²) in [4.78, 5) is 37.3. The van der Waals surface area contributed by atoms with Crippen molar-refractivity contribution in [3.05, 3.63) is 71.8 Å². The molecular weight excluding hydrogens is 376 g/mol. The third-order valence-corrected chi connectivity index (χ3v) is 4.68. The van der Waals surface area contributed by atoms with Gasteiger partial charge in [0.1, 0.15) is 6.10 Å². The molecule has 2 aromatic carbocycles. The fraction of sp³-hybridized carbons (Fsp3) is 0.318. The van der Waals surface area contributed by atoms with E-state index in [-0.39, 0.29) is 12.0 Å². The normalized spacial score (nSPS) is 26.4. The van der Waals surface area contributed by atoms with Crippen molar-refractivity contribution in [3.8, 4) is 0 Å². The minimum Gasteiger partial charge on any atom is -0.454 e. The Morgan fingerprint density at radius 2 is 1.41 bits per heavy atom. The van der Waals surface area contributed by atoms with Crippen molar-refractivity contribution in [1.29, 1.82) is 0 Å². The molecule has 0 aromatic heterocycles. The Morgan fingerprint density at radius 1 is 0.931 bits per heavy atom. The van der Waals surface area contributed by atoms with Crippen molar-refractivity contribution < 1.29 is 33.7 Å². The zero-order valence-corrected chi connectivity index (χ0v) is 16.1. The van der Waals surface area contributed by atoms with Gasteiger partial charge in [-0.05, 0) is 31.2 Å². The van der Waals surface area contributed by atoms with E-state index in [9.17, 15) is 19.5 Å². The summed E-state index contributed by atoms with van der Waals surface area (Å²) in [6.07, 6.45) is -3.06. The molecule has 0 amide bonds. The minimum atomic E-state index is -2.43. The zero-order chi connectivity index (χ0) is 21.0. The maximum absolute atomic E-state index is 12.6. The van der Waals surface area contributed by atoms with Crippen LogP contribution >= 0.6 is 0 Å². The van der Waals surface area contributed by atoms with Crippen molar-refractivity contribution in [2.24, 2.45) is 0 Å². The van der Waals surface area contributed by atoms with Gasteiger partial charge < -0.3 is 19.3 Å². The van der Waals surface area contributed by atoms with Crippen LogP contribution < -0.4 is 0 Å². The summed E-state index contributed by atoms with van der Waals surface area (Å²) >= 11 is 0. The number of carbonyl (C=O) groups excluding carboxylic acids is 3. The van der Waals surface area contributed by atoms with Crippen LogP contribution in [0.15, 0.2) is 60.7 Å². The van der Waals surface area contributed by atoms with Gasteiger partial charge in [-0.2, -0.15) is 0 Å². The Morgan fingerprint density at radius 3 is 1.90 bits per heavy atom. The summed E-state index contributed by atoms with van der Waals surface area (Å²) in [5, 5.41) is 10.9. The molecule has 2 aromatic rings. The van der Waals surface area contributed by atoms with Crippen molar-refractivity contribution in [3.63, 3.8) is 0 Å². The first-order valence-corrected chi connectivity index (χ1v) is 9.24. The molecule has 7 heteroatoms. The van der Waals surface area contributed by atoms with Gasteiger partial charge >= 0.3 is 11.9 Å². The van der Waals surface area contributed by atoms with Crippen LogP contribution in [0.25, 0.3) is 0 Å². The second-order valence-corrected chi connectivity index (χ2v) is 6.92. The van der Waals surface area contributed by atoms with Crippen LogP contribution in [0.4, 0.5) is 0 Å². The van der Waals surface area contributed by atoms with Crippen LogP contribution in [-0.4, -0.2) is 46.9 Å². The lowest BCUT2D eigenvalue weighted by Gasteiger charge is -2.43. The molecule has 1 saturated heterocycles. The monoisotopic (exact) mass is 398 g/mol. The Bertz CT molecular complexity index is 881. The van der Waals surface area contributed by atoms with Gasteiger partial charge in [0.05, 0.1) is 17.2 Å². The first-order valence-electron chi connectivity index (χ1n) is 9.24. The minimum absolute atomic E-state index is 0.140. The van der Waals surface area contributed by atoms with Crippen molar-refractivity contribution in [1.82, 2.24) is 0 Å². The van der Waals surface area contributed by atoms with E-state index in [0.29, 0.717) is 5.56 Å². The van der Waals surface area contributed by atoms with Crippen LogP contribution in [0.1, 0.15) is 41.0 Å². The number of ketones is 1. The van der Waals surface area contributed by atoms with Crippen LogP contribution in [0.5, 0.6) is 0 Å². The highest BCUT2D eigenvalue weighted by molar-refractivity contribution is 5.91. The van der Waals surface area contributed by atoms with Gasteiger partial charge in [-0.3, -0.25) is 4.79 Å². The van der Waals surface area contributed by atoms with Gasteiger partial charge in [0.2, 0.25) is 0 Å². The van der Waals surface area contributed by atoms with Crippen molar-refractivity contribution in [2.75, 3.05) is 0 Å². The maximum Gasteiger partial charge on any atom is 0.338 e. The molecule has 152 valence electrons. The molecule has 1 fully saturated rings. The van der Waals surface area contributed by atoms with Crippen molar-refractivity contribution >= 4 is 17.7 Å². The van der Waals surface area contributed by atoms with E-state index in [4.69, 9.17) is 14.2 Å². The summed E-state index contributed by atoms with van der Waals surface area (Å²) in [7, 11) is 0. The van der Waals surface area contributed by atoms with Crippen molar-refractivity contribution in [2.45, 2.75) is 44.4 Å². The zero-order valence-electron chi connectivity index (χ0n) is 16.1. The van der Waals surface area contributed by atoms with E-state index in [0.717, 1.165) is 6.92 Å². The van der Waals surface area contributed by atoms with E-state index in [2.05, 4.69) is 0 Å². The lowest BCUT2D eigenvalue weighted by molar-refractivity contribution is -0.297. The Kier molecular flexibility index (Phi) is 6.10. The second-order valence-electron chi connectivity index (χ2n) is 6.92. The van der Waals surface area contributed by atoms with Crippen LogP contribution in [-0.2, 0) is 19.0 Å². The molecule has 1 aliphatic rings. The number of hydrogen-bond donors (Lipinski definition) is 1. The molecule has 0 aliphatic carbocycles. The number of rotatable bonds is 5. The molecule has 0 saturated carbocycles. The predicted octanol–water partition coefficient (Wildman–Crippen LogP) is 2.52. The average molecular weight is 398 g/mol. The highest BCUT2D eigenvalue weighted by Crippen LogP contribution is 2.33. The first kappa shape index (κ1) is 20.7. The fourth-order valence-corrected chi connectivity index (χ4v) is 3.21. The summed E-state index contributed by atoms with van der Waals surface area (Å²) in [6.45, 7) is 2.75. The predicted molar refractivity (Wildman–Crippen MR) is 102 cm³/mol. The number of Topliss-reactive ketones (excluding diaryl/α,β-unsaturated/α-hetero) is 1. The summed E-state index contributed by atoms with van der Waals surface area (Å²) in [5.41, 5.74) is 0.524. The summed E-state index contributed by atoms with van der Waals surface area (Å²) in [6, 6.07) is 16.4. The lowest BCUT2D eigenvalue weighted by atomic mass is 9.92. The lowest BCUT2D eigenvalue weighted by Crippen LogP contribution is -2.63. The molecule has 0 bridgehead atoms. The van der Waals surface area contributed by atoms with E-state index in [1.807, 2.05) is 0 Å². The quantitative estimate of drug-likeness (QED) is 0.773. The number of carbonyl (C=O) groups is 3. The molecule has 1 unspecified atom stereocenters. The Hall–Kier alpha value is -3.03. The van der Waals surface area contributed by atoms with Gasteiger partial charge in [-0.1, -0.05) is 36.4 Å².